The van der Waals surface area contributed by atoms with Crippen LogP contribution >= 0.6 is 23.4 Å². The van der Waals surface area contributed by atoms with E-state index in [1.54, 1.807) is 19.2 Å². The highest BCUT2D eigenvalue weighted by atomic mass is 35.5. The SMILES string of the molecule is CNc1cc([N+](=O)[O-])cc(Sc2ccc(Cl)cn2)n1. The van der Waals surface area contributed by atoms with Crippen molar-refractivity contribution in [2.24, 2.45) is 0 Å². The van der Waals surface area contributed by atoms with Gasteiger partial charge in [-0.05, 0) is 23.9 Å². The average Bonchev–Trinajstić information content (AvgIpc) is 2.41. The van der Waals surface area contributed by atoms with Crippen molar-refractivity contribution in [3.8, 4) is 0 Å². The molecule has 0 aliphatic rings. The van der Waals surface area contributed by atoms with Crippen LogP contribution in [-0.4, -0.2) is 21.9 Å². The van der Waals surface area contributed by atoms with E-state index in [0.29, 0.717) is 20.9 Å². The number of aromatic nitrogens is 2. The predicted molar refractivity (Wildman–Crippen MR) is 73.8 cm³/mol. The number of pyridine rings is 2. The summed E-state index contributed by atoms with van der Waals surface area (Å²) in [6, 6.07) is 6.21. The average molecular weight is 297 g/mol. The number of nitrogens with one attached hydrogen (secondary N) is 1. The van der Waals surface area contributed by atoms with E-state index in [2.05, 4.69) is 15.3 Å². The second kappa shape index (κ2) is 5.85. The molecule has 0 amide bonds. The van der Waals surface area contributed by atoms with Crippen LogP contribution in [0.4, 0.5) is 11.5 Å². The van der Waals surface area contributed by atoms with Gasteiger partial charge in [0.05, 0.1) is 16.0 Å². The van der Waals surface area contributed by atoms with Crippen LogP contribution in [0.1, 0.15) is 0 Å². The molecule has 0 spiro atoms. The lowest BCUT2D eigenvalue weighted by Gasteiger charge is -2.04. The Labute approximate surface area is 118 Å². The maximum absolute atomic E-state index is 10.8. The van der Waals surface area contributed by atoms with E-state index in [4.69, 9.17) is 11.6 Å². The number of halogens is 1. The van der Waals surface area contributed by atoms with Crippen molar-refractivity contribution >= 4 is 34.9 Å². The minimum Gasteiger partial charge on any atom is -0.373 e. The molecule has 2 aromatic heterocycles. The zero-order valence-corrected chi connectivity index (χ0v) is 11.4. The third-order valence-corrected chi connectivity index (χ3v) is 3.26. The lowest BCUT2D eigenvalue weighted by Crippen LogP contribution is -1.97. The minimum absolute atomic E-state index is 0.0178. The first-order chi connectivity index (χ1) is 9.08. The van der Waals surface area contributed by atoms with Gasteiger partial charge in [0.1, 0.15) is 15.9 Å². The molecule has 0 aromatic carbocycles. The van der Waals surface area contributed by atoms with Gasteiger partial charge in [-0.15, -0.1) is 0 Å². The summed E-state index contributed by atoms with van der Waals surface area (Å²) in [5, 5.41) is 15.3. The smallest absolute Gasteiger partial charge is 0.275 e. The van der Waals surface area contributed by atoms with Gasteiger partial charge in [-0.25, -0.2) is 9.97 Å². The summed E-state index contributed by atoms with van der Waals surface area (Å²) in [5.74, 6) is 0.436. The second-order valence-electron chi connectivity index (χ2n) is 3.47. The van der Waals surface area contributed by atoms with Crippen molar-refractivity contribution in [3.63, 3.8) is 0 Å². The van der Waals surface area contributed by atoms with E-state index in [0.717, 1.165) is 0 Å². The molecule has 0 radical (unpaired) electrons. The van der Waals surface area contributed by atoms with Crippen LogP contribution in [0, 0.1) is 10.1 Å². The first kappa shape index (κ1) is 13.6. The molecule has 0 bridgehead atoms. The summed E-state index contributed by atoms with van der Waals surface area (Å²) >= 11 is 6.97. The zero-order valence-electron chi connectivity index (χ0n) is 9.83. The highest BCUT2D eigenvalue weighted by Crippen LogP contribution is 2.29. The molecule has 0 aliphatic carbocycles. The quantitative estimate of drug-likeness (QED) is 0.689. The zero-order chi connectivity index (χ0) is 13.8. The molecule has 1 N–H and O–H groups in total. The number of nitro groups is 1. The van der Waals surface area contributed by atoms with Crippen LogP contribution < -0.4 is 5.32 Å². The van der Waals surface area contributed by atoms with Gasteiger partial charge in [-0.3, -0.25) is 10.1 Å². The summed E-state index contributed by atoms with van der Waals surface area (Å²) in [6.45, 7) is 0. The number of rotatable bonds is 4. The molecule has 19 heavy (non-hydrogen) atoms. The minimum atomic E-state index is -0.456. The fraction of sp³-hybridized carbons (Fsp3) is 0.0909. The molecule has 2 aromatic rings. The van der Waals surface area contributed by atoms with Crippen LogP contribution in [0.3, 0.4) is 0 Å². The summed E-state index contributed by atoms with van der Waals surface area (Å²) in [4.78, 5) is 18.7. The predicted octanol–water partition coefficient (Wildman–Crippen LogP) is 3.23. The number of hydrogen-bond donors (Lipinski definition) is 1. The molecule has 0 aliphatic heterocycles. The Bertz CT molecular complexity index is 606. The molecule has 0 atom stereocenters. The fourth-order valence-corrected chi connectivity index (χ4v) is 2.20. The highest BCUT2D eigenvalue weighted by Gasteiger charge is 2.12. The van der Waals surface area contributed by atoms with Crippen molar-refractivity contribution in [1.82, 2.24) is 9.97 Å². The van der Waals surface area contributed by atoms with Crippen LogP contribution in [-0.2, 0) is 0 Å². The number of anilines is 1. The van der Waals surface area contributed by atoms with E-state index >= 15 is 0 Å². The lowest BCUT2D eigenvalue weighted by atomic mass is 10.4. The topological polar surface area (TPSA) is 81.0 Å². The summed E-state index contributed by atoms with van der Waals surface area (Å²) in [6.07, 6.45) is 1.51. The fourth-order valence-electron chi connectivity index (χ4n) is 1.31. The van der Waals surface area contributed by atoms with Crippen molar-refractivity contribution in [1.29, 1.82) is 0 Å². The number of nitrogens with zero attached hydrogens (tertiary/aromatic N) is 3. The first-order valence-electron chi connectivity index (χ1n) is 5.22. The number of hydrogen-bond acceptors (Lipinski definition) is 6. The van der Waals surface area contributed by atoms with Crippen LogP contribution in [0.15, 0.2) is 40.5 Å². The molecule has 6 nitrogen and oxygen atoms in total. The molecule has 0 fully saturated rings. The van der Waals surface area contributed by atoms with Crippen molar-refractivity contribution in [3.05, 3.63) is 45.6 Å². The van der Waals surface area contributed by atoms with E-state index in [9.17, 15) is 10.1 Å². The lowest BCUT2D eigenvalue weighted by molar-refractivity contribution is -0.385. The van der Waals surface area contributed by atoms with Gasteiger partial charge in [0.2, 0.25) is 0 Å². The molecular formula is C11H9ClN4O2S. The van der Waals surface area contributed by atoms with Crippen LogP contribution in [0.2, 0.25) is 5.02 Å². The van der Waals surface area contributed by atoms with Gasteiger partial charge in [-0.1, -0.05) is 11.6 Å². The second-order valence-corrected chi connectivity index (χ2v) is 4.95. The molecule has 2 heterocycles. The molecule has 0 saturated heterocycles. The first-order valence-corrected chi connectivity index (χ1v) is 6.41. The van der Waals surface area contributed by atoms with Gasteiger partial charge in [0.15, 0.2) is 0 Å². The van der Waals surface area contributed by atoms with Crippen LogP contribution in [0.25, 0.3) is 0 Å². The summed E-state index contributed by atoms with van der Waals surface area (Å²) in [7, 11) is 1.65. The third-order valence-electron chi connectivity index (χ3n) is 2.16. The monoisotopic (exact) mass is 296 g/mol. The van der Waals surface area contributed by atoms with E-state index in [1.807, 2.05) is 0 Å². The molecule has 0 unspecified atom stereocenters. The van der Waals surface area contributed by atoms with E-state index in [1.165, 1.54) is 30.1 Å². The Kier molecular flexibility index (Phi) is 4.18. The van der Waals surface area contributed by atoms with Crippen molar-refractivity contribution < 1.29 is 4.92 Å². The molecule has 98 valence electrons. The maximum Gasteiger partial charge on any atom is 0.275 e. The van der Waals surface area contributed by atoms with Crippen LogP contribution in [0.5, 0.6) is 0 Å². The van der Waals surface area contributed by atoms with Gasteiger partial charge >= 0.3 is 0 Å². The van der Waals surface area contributed by atoms with Gasteiger partial charge in [-0.2, -0.15) is 0 Å². The van der Waals surface area contributed by atoms with Crippen molar-refractivity contribution in [2.45, 2.75) is 10.1 Å². The maximum atomic E-state index is 10.8. The third kappa shape index (κ3) is 3.55. The van der Waals surface area contributed by atoms with Gasteiger partial charge < -0.3 is 5.32 Å². The Balaban J connectivity index is 2.31. The Morgan fingerprint density at radius 3 is 2.74 bits per heavy atom. The van der Waals surface area contributed by atoms with E-state index < -0.39 is 4.92 Å². The van der Waals surface area contributed by atoms with Gasteiger partial charge in [0.25, 0.3) is 5.69 Å². The highest BCUT2D eigenvalue weighted by molar-refractivity contribution is 7.99. The Morgan fingerprint density at radius 1 is 1.37 bits per heavy atom. The summed E-state index contributed by atoms with van der Waals surface area (Å²) in [5.41, 5.74) is -0.0178. The molecular weight excluding hydrogens is 288 g/mol. The van der Waals surface area contributed by atoms with Gasteiger partial charge in [0, 0.05) is 19.3 Å². The summed E-state index contributed by atoms with van der Waals surface area (Å²) < 4.78 is 0. The molecule has 0 saturated carbocycles. The Morgan fingerprint density at radius 2 is 2.16 bits per heavy atom. The van der Waals surface area contributed by atoms with Crippen molar-refractivity contribution in [2.75, 3.05) is 12.4 Å². The standard InChI is InChI=1S/C11H9ClN4O2S/c1-13-9-4-8(16(17)18)5-11(15-9)19-10-3-2-7(12)6-14-10/h2-6H,1H3,(H,13,15). The van der Waals surface area contributed by atoms with E-state index in [-0.39, 0.29) is 5.69 Å². The molecule has 2 rings (SSSR count). The normalized spacial score (nSPS) is 10.2. The Hall–Kier alpha value is -1.86. The molecule has 8 heteroatoms. The largest absolute Gasteiger partial charge is 0.373 e.